The van der Waals surface area contributed by atoms with Crippen molar-refractivity contribution < 1.29 is 14.3 Å². The summed E-state index contributed by atoms with van der Waals surface area (Å²) in [5.41, 5.74) is 2.85. The number of imidazole rings is 1. The molecule has 2 aromatic carbocycles. The zero-order valence-corrected chi connectivity index (χ0v) is 17.9. The van der Waals surface area contributed by atoms with E-state index >= 15 is 0 Å². The van der Waals surface area contributed by atoms with Crippen LogP contribution < -0.4 is 15.5 Å². The van der Waals surface area contributed by atoms with Gasteiger partial charge >= 0.3 is 6.03 Å². The maximum atomic E-state index is 13.2. The lowest BCUT2D eigenvalue weighted by atomic mass is 10.1. The molecule has 0 radical (unpaired) electrons. The molecule has 1 fully saturated rings. The largest absolute Gasteiger partial charge is 0.376 e. The van der Waals surface area contributed by atoms with Gasteiger partial charge in [0.05, 0.1) is 17.1 Å². The number of rotatable bonds is 6. The number of carbonyl (C=O) groups is 2. The van der Waals surface area contributed by atoms with E-state index in [1.54, 1.807) is 4.90 Å². The monoisotopic (exact) mass is 433 g/mol. The molecule has 1 aromatic heterocycles. The van der Waals surface area contributed by atoms with Crippen LogP contribution in [0.5, 0.6) is 0 Å². The first-order valence-corrected chi connectivity index (χ1v) is 11.2. The van der Waals surface area contributed by atoms with Gasteiger partial charge in [0.25, 0.3) is 0 Å². The smallest absolute Gasteiger partial charge is 0.324 e. The van der Waals surface area contributed by atoms with Crippen LogP contribution in [-0.4, -0.2) is 53.3 Å². The third kappa shape index (κ3) is 4.18. The highest BCUT2D eigenvalue weighted by Gasteiger charge is 2.31. The number of nitrogens with zero attached hydrogens (tertiary/aromatic N) is 3. The minimum atomic E-state index is -0.690. The maximum absolute atomic E-state index is 13.2. The van der Waals surface area contributed by atoms with E-state index < -0.39 is 6.04 Å². The SMILES string of the molecule is O=C(NC[C@@H]1CCCO1)[C@H](Cc1ccccc1)NC(=O)N1CCn2c1nc1ccccc12. The van der Waals surface area contributed by atoms with Gasteiger partial charge < -0.3 is 19.9 Å². The van der Waals surface area contributed by atoms with Gasteiger partial charge in [-0.15, -0.1) is 0 Å². The van der Waals surface area contributed by atoms with Crippen LogP contribution >= 0.6 is 0 Å². The quantitative estimate of drug-likeness (QED) is 0.625. The van der Waals surface area contributed by atoms with Crippen molar-refractivity contribution in [3.63, 3.8) is 0 Å². The minimum Gasteiger partial charge on any atom is -0.376 e. The van der Waals surface area contributed by atoms with Crippen LogP contribution in [0.25, 0.3) is 11.0 Å². The van der Waals surface area contributed by atoms with Crippen LogP contribution in [-0.2, 0) is 22.5 Å². The minimum absolute atomic E-state index is 0.0468. The van der Waals surface area contributed by atoms with Crippen molar-refractivity contribution in [1.82, 2.24) is 20.2 Å². The number of amides is 3. The highest BCUT2D eigenvalue weighted by atomic mass is 16.5. The Morgan fingerprint density at radius 2 is 1.91 bits per heavy atom. The summed E-state index contributed by atoms with van der Waals surface area (Å²) >= 11 is 0. The number of fused-ring (bicyclic) bond motifs is 3. The van der Waals surface area contributed by atoms with Crippen molar-refractivity contribution in [2.45, 2.75) is 38.0 Å². The van der Waals surface area contributed by atoms with Crippen LogP contribution in [0.15, 0.2) is 54.6 Å². The van der Waals surface area contributed by atoms with E-state index in [1.165, 1.54) is 0 Å². The Hall–Kier alpha value is -3.39. The second kappa shape index (κ2) is 9.00. The Labute approximate surface area is 186 Å². The molecule has 2 aliphatic heterocycles. The Kier molecular flexibility index (Phi) is 5.77. The molecule has 3 amide bonds. The molecule has 3 aromatic rings. The third-order valence-corrected chi connectivity index (χ3v) is 6.09. The zero-order chi connectivity index (χ0) is 21.9. The summed E-state index contributed by atoms with van der Waals surface area (Å²) in [6.07, 6.45) is 2.42. The van der Waals surface area contributed by atoms with Crippen LogP contribution in [0, 0.1) is 0 Å². The Bertz CT molecular complexity index is 1110. The van der Waals surface area contributed by atoms with Crippen molar-refractivity contribution in [2.75, 3.05) is 24.6 Å². The topological polar surface area (TPSA) is 88.5 Å². The summed E-state index contributed by atoms with van der Waals surface area (Å²) in [6, 6.07) is 16.6. The number of anilines is 1. The molecule has 2 atom stereocenters. The molecule has 0 spiro atoms. The summed E-state index contributed by atoms with van der Waals surface area (Å²) in [5, 5.41) is 5.91. The van der Waals surface area contributed by atoms with E-state index in [4.69, 9.17) is 4.74 Å². The van der Waals surface area contributed by atoms with Crippen LogP contribution in [0.3, 0.4) is 0 Å². The molecule has 2 N–H and O–H groups in total. The molecule has 32 heavy (non-hydrogen) atoms. The van der Waals surface area contributed by atoms with Crippen molar-refractivity contribution in [3.05, 3.63) is 60.2 Å². The normalized spacial score (nSPS) is 18.5. The van der Waals surface area contributed by atoms with Crippen LogP contribution in [0.2, 0.25) is 0 Å². The molecule has 2 aliphatic rings. The average Bonchev–Trinajstić information content (AvgIpc) is 3.54. The summed E-state index contributed by atoms with van der Waals surface area (Å²) in [4.78, 5) is 32.5. The van der Waals surface area contributed by atoms with E-state index in [0.717, 1.165) is 36.0 Å². The van der Waals surface area contributed by atoms with Gasteiger partial charge in [-0.05, 0) is 30.5 Å². The predicted molar refractivity (Wildman–Crippen MR) is 122 cm³/mol. The van der Waals surface area contributed by atoms with E-state index in [9.17, 15) is 9.59 Å². The first-order valence-electron chi connectivity index (χ1n) is 11.2. The number of ether oxygens (including phenoxy) is 1. The lowest BCUT2D eigenvalue weighted by molar-refractivity contribution is -0.123. The van der Waals surface area contributed by atoms with Gasteiger partial charge in [0.15, 0.2) is 0 Å². The third-order valence-electron chi connectivity index (χ3n) is 6.09. The molecule has 1 saturated heterocycles. The fourth-order valence-electron chi connectivity index (χ4n) is 4.41. The lowest BCUT2D eigenvalue weighted by Gasteiger charge is -2.23. The Morgan fingerprint density at radius 1 is 1.09 bits per heavy atom. The van der Waals surface area contributed by atoms with E-state index in [0.29, 0.717) is 32.0 Å². The molecule has 8 nitrogen and oxygen atoms in total. The number of para-hydroxylation sites is 2. The molecule has 0 aliphatic carbocycles. The molecule has 0 saturated carbocycles. The first kappa shape index (κ1) is 20.5. The fraction of sp³-hybridized carbons (Fsp3) is 0.375. The molecular weight excluding hydrogens is 406 g/mol. The van der Waals surface area contributed by atoms with Crippen molar-refractivity contribution in [3.8, 4) is 0 Å². The number of aromatic nitrogens is 2. The number of nitrogens with one attached hydrogen (secondary N) is 2. The van der Waals surface area contributed by atoms with Gasteiger partial charge in [0.1, 0.15) is 6.04 Å². The van der Waals surface area contributed by atoms with Crippen molar-refractivity contribution >= 4 is 28.9 Å². The lowest BCUT2D eigenvalue weighted by Crippen LogP contribution is -2.53. The summed E-state index contributed by atoms with van der Waals surface area (Å²) in [5.74, 6) is 0.410. The van der Waals surface area contributed by atoms with Gasteiger partial charge in [-0.2, -0.15) is 0 Å². The number of hydrogen-bond donors (Lipinski definition) is 2. The summed E-state index contributed by atoms with van der Waals surface area (Å²) in [6.45, 7) is 2.40. The second-order valence-electron chi connectivity index (χ2n) is 8.28. The second-order valence-corrected chi connectivity index (χ2v) is 8.28. The molecule has 0 unspecified atom stereocenters. The van der Waals surface area contributed by atoms with Crippen LogP contribution in [0.1, 0.15) is 18.4 Å². The van der Waals surface area contributed by atoms with Gasteiger partial charge in [-0.25, -0.2) is 9.78 Å². The van der Waals surface area contributed by atoms with E-state index in [2.05, 4.69) is 15.6 Å². The molecular formula is C24H27N5O3. The standard InChI is InChI=1S/C24H27N5O3/c30-22(25-16-18-9-6-14-32-18)20(15-17-7-2-1-3-8-17)27-24(31)29-13-12-28-21-11-5-4-10-19(21)26-23(28)29/h1-5,7-8,10-11,18,20H,6,9,12-16H2,(H,25,30)(H,27,31)/t18-,20-/m0/s1. The van der Waals surface area contributed by atoms with Crippen molar-refractivity contribution in [2.24, 2.45) is 0 Å². The van der Waals surface area contributed by atoms with Crippen molar-refractivity contribution in [1.29, 1.82) is 0 Å². The number of urea groups is 1. The molecule has 5 rings (SSSR count). The average molecular weight is 434 g/mol. The molecule has 0 bridgehead atoms. The van der Waals surface area contributed by atoms with Gasteiger partial charge in [-0.3, -0.25) is 9.69 Å². The Morgan fingerprint density at radius 3 is 2.72 bits per heavy atom. The number of hydrogen-bond acceptors (Lipinski definition) is 4. The summed E-state index contributed by atoms with van der Waals surface area (Å²) in [7, 11) is 0. The molecule has 3 heterocycles. The highest BCUT2D eigenvalue weighted by Crippen LogP contribution is 2.27. The zero-order valence-electron chi connectivity index (χ0n) is 17.9. The highest BCUT2D eigenvalue weighted by molar-refractivity contribution is 5.96. The van der Waals surface area contributed by atoms with E-state index in [-0.39, 0.29) is 18.0 Å². The molecule has 8 heteroatoms. The van der Waals surface area contributed by atoms with Gasteiger partial charge in [0.2, 0.25) is 11.9 Å². The first-order chi connectivity index (χ1) is 15.7. The number of carbonyl (C=O) groups excluding carboxylic acids is 2. The van der Waals surface area contributed by atoms with E-state index in [1.807, 2.05) is 59.2 Å². The van der Waals surface area contributed by atoms with Crippen LogP contribution in [0.4, 0.5) is 10.7 Å². The molecule has 166 valence electrons. The predicted octanol–water partition coefficient (Wildman–Crippen LogP) is 2.47. The number of benzene rings is 2. The Balaban J connectivity index is 1.31. The summed E-state index contributed by atoms with van der Waals surface area (Å²) < 4.78 is 7.65. The maximum Gasteiger partial charge on any atom is 0.324 e. The fourth-order valence-corrected chi connectivity index (χ4v) is 4.41. The van der Waals surface area contributed by atoms with Gasteiger partial charge in [0, 0.05) is 32.7 Å². The van der Waals surface area contributed by atoms with Gasteiger partial charge in [-0.1, -0.05) is 42.5 Å².